The molecular formula is C15H16N2O2S. The molecule has 0 fully saturated rings. The second-order valence-electron chi connectivity index (χ2n) is 4.22. The summed E-state index contributed by atoms with van der Waals surface area (Å²) in [6.07, 6.45) is 0. The van der Waals surface area contributed by atoms with Gasteiger partial charge in [0.05, 0.1) is 10.6 Å². The standard InChI is InChI=1S/C15H16N2O2S/c1-12(14-9-6-10-20-14)16-19-11-15(18)17(2)13-7-4-3-5-8-13/h3-10H,11H2,1-2H3. The minimum atomic E-state index is -0.140. The summed E-state index contributed by atoms with van der Waals surface area (Å²) < 4.78 is 0. The van der Waals surface area contributed by atoms with E-state index in [9.17, 15) is 4.79 Å². The highest BCUT2D eigenvalue weighted by molar-refractivity contribution is 7.12. The molecule has 4 nitrogen and oxygen atoms in total. The van der Waals surface area contributed by atoms with Crippen LogP contribution in [0.15, 0.2) is 53.0 Å². The van der Waals surface area contributed by atoms with Crippen molar-refractivity contribution in [3.8, 4) is 0 Å². The van der Waals surface area contributed by atoms with Crippen molar-refractivity contribution in [2.24, 2.45) is 5.16 Å². The van der Waals surface area contributed by atoms with Gasteiger partial charge in [0.1, 0.15) is 0 Å². The molecule has 0 aliphatic heterocycles. The number of benzene rings is 1. The number of para-hydroxylation sites is 1. The fraction of sp³-hybridized carbons (Fsp3) is 0.200. The van der Waals surface area contributed by atoms with Gasteiger partial charge in [0.15, 0.2) is 6.61 Å². The number of thiophene rings is 1. The lowest BCUT2D eigenvalue weighted by Crippen LogP contribution is -2.29. The van der Waals surface area contributed by atoms with E-state index < -0.39 is 0 Å². The van der Waals surface area contributed by atoms with Crippen molar-refractivity contribution in [3.05, 3.63) is 52.7 Å². The first-order chi connectivity index (χ1) is 9.68. The van der Waals surface area contributed by atoms with Crippen LogP contribution in [0, 0.1) is 0 Å². The number of hydrogen-bond acceptors (Lipinski definition) is 4. The first-order valence-corrected chi connectivity index (χ1v) is 7.08. The van der Waals surface area contributed by atoms with E-state index in [4.69, 9.17) is 4.84 Å². The summed E-state index contributed by atoms with van der Waals surface area (Å²) >= 11 is 1.59. The second kappa shape index (κ2) is 6.86. The van der Waals surface area contributed by atoms with Crippen molar-refractivity contribution in [2.45, 2.75) is 6.92 Å². The number of carbonyl (C=O) groups excluding carboxylic acids is 1. The molecule has 20 heavy (non-hydrogen) atoms. The Bertz CT molecular complexity index is 579. The highest BCUT2D eigenvalue weighted by Crippen LogP contribution is 2.12. The van der Waals surface area contributed by atoms with Gasteiger partial charge in [-0.2, -0.15) is 0 Å². The van der Waals surface area contributed by atoms with Crippen LogP contribution in [-0.4, -0.2) is 25.3 Å². The number of anilines is 1. The maximum Gasteiger partial charge on any atom is 0.267 e. The van der Waals surface area contributed by atoms with Crippen LogP contribution in [0.4, 0.5) is 5.69 Å². The summed E-state index contributed by atoms with van der Waals surface area (Å²) in [5, 5.41) is 5.94. The van der Waals surface area contributed by atoms with E-state index in [1.165, 1.54) is 0 Å². The molecule has 1 aromatic carbocycles. The van der Waals surface area contributed by atoms with Crippen LogP contribution >= 0.6 is 11.3 Å². The Hall–Kier alpha value is -2.14. The summed E-state index contributed by atoms with van der Waals surface area (Å²) in [7, 11) is 1.72. The first-order valence-electron chi connectivity index (χ1n) is 6.20. The van der Waals surface area contributed by atoms with E-state index in [0.717, 1.165) is 16.3 Å². The van der Waals surface area contributed by atoms with Crippen LogP contribution in [0.5, 0.6) is 0 Å². The highest BCUT2D eigenvalue weighted by atomic mass is 32.1. The van der Waals surface area contributed by atoms with Crippen molar-refractivity contribution in [3.63, 3.8) is 0 Å². The summed E-state index contributed by atoms with van der Waals surface area (Å²) in [6.45, 7) is 1.78. The molecular weight excluding hydrogens is 272 g/mol. The van der Waals surface area contributed by atoms with Gasteiger partial charge in [0.2, 0.25) is 0 Å². The average molecular weight is 288 g/mol. The molecule has 0 saturated carbocycles. The van der Waals surface area contributed by atoms with Gasteiger partial charge in [-0.1, -0.05) is 29.4 Å². The number of carbonyl (C=O) groups is 1. The molecule has 0 aliphatic carbocycles. The molecule has 2 aromatic rings. The second-order valence-corrected chi connectivity index (χ2v) is 5.16. The van der Waals surface area contributed by atoms with Gasteiger partial charge >= 0.3 is 0 Å². The highest BCUT2D eigenvalue weighted by Gasteiger charge is 2.11. The number of hydrogen-bond donors (Lipinski definition) is 0. The molecule has 1 aromatic heterocycles. The zero-order valence-electron chi connectivity index (χ0n) is 11.4. The van der Waals surface area contributed by atoms with Crippen molar-refractivity contribution in [1.82, 2.24) is 0 Å². The molecule has 1 amide bonds. The number of likely N-dealkylation sites (N-methyl/N-ethyl adjacent to an activating group) is 1. The lowest BCUT2D eigenvalue weighted by molar-refractivity contribution is -0.122. The Morgan fingerprint density at radius 2 is 2.00 bits per heavy atom. The van der Waals surface area contributed by atoms with Crippen molar-refractivity contribution in [1.29, 1.82) is 0 Å². The van der Waals surface area contributed by atoms with Crippen LogP contribution < -0.4 is 4.90 Å². The van der Waals surface area contributed by atoms with Gasteiger partial charge in [-0.15, -0.1) is 11.3 Å². The number of amides is 1. The molecule has 0 spiro atoms. The van der Waals surface area contributed by atoms with Gasteiger partial charge in [-0.3, -0.25) is 4.79 Å². The molecule has 0 radical (unpaired) electrons. The number of nitrogens with zero attached hydrogens (tertiary/aromatic N) is 2. The van der Waals surface area contributed by atoms with E-state index in [0.29, 0.717) is 0 Å². The van der Waals surface area contributed by atoms with Crippen molar-refractivity contribution in [2.75, 3.05) is 18.6 Å². The van der Waals surface area contributed by atoms with E-state index in [-0.39, 0.29) is 12.5 Å². The first kappa shape index (κ1) is 14.3. The van der Waals surface area contributed by atoms with Crippen LogP contribution in [0.25, 0.3) is 0 Å². The normalized spacial score (nSPS) is 11.2. The molecule has 1 heterocycles. The topological polar surface area (TPSA) is 41.9 Å². The summed E-state index contributed by atoms with van der Waals surface area (Å²) in [4.78, 5) is 19.7. The van der Waals surface area contributed by atoms with Crippen LogP contribution in [0.2, 0.25) is 0 Å². The smallest absolute Gasteiger partial charge is 0.267 e. The van der Waals surface area contributed by atoms with Crippen LogP contribution in [0.3, 0.4) is 0 Å². The third-order valence-electron chi connectivity index (χ3n) is 2.78. The SMILES string of the molecule is CC(=NOCC(=O)N(C)c1ccccc1)c1cccs1. The lowest BCUT2D eigenvalue weighted by Gasteiger charge is -2.16. The van der Waals surface area contributed by atoms with E-state index in [2.05, 4.69) is 5.16 Å². The number of oxime groups is 1. The van der Waals surface area contributed by atoms with Crippen molar-refractivity contribution < 1.29 is 9.63 Å². The maximum atomic E-state index is 11.9. The lowest BCUT2D eigenvalue weighted by atomic mass is 10.3. The largest absolute Gasteiger partial charge is 0.385 e. The predicted octanol–water partition coefficient (Wildman–Crippen LogP) is 3.15. The van der Waals surface area contributed by atoms with Gasteiger partial charge in [-0.25, -0.2) is 0 Å². The maximum absolute atomic E-state index is 11.9. The van der Waals surface area contributed by atoms with Gasteiger partial charge < -0.3 is 9.74 Å². The van der Waals surface area contributed by atoms with E-state index in [1.807, 2.05) is 54.8 Å². The van der Waals surface area contributed by atoms with Crippen molar-refractivity contribution >= 4 is 28.6 Å². The Morgan fingerprint density at radius 1 is 1.25 bits per heavy atom. The monoisotopic (exact) mass is 288 g/mol. The third-order valence-corrected chi connectivity index (χ3v) is 3.76. The van der Waals surface area contributed by atoms with E-state index >= 15 is 0 Å². The van der Waals surface area contributed by atoms with Gasteiger partial charge in [0, 0.05) is 12.7 Å². The van der Waals surface area contributed by atoms with E-state index in [1.54, 1.807) is 23.3 Å². The molecule has 0 saturated heterocycles. The minimum Gasteiger partial charge on any atom is -0.385 e. The molecule has 0 unspecified atom stereocenters. The predicted molar refractivity (Wildman–Crippen MR) is 82.3 cm³/mol. The fourth-order valence-corrected chi connectivity index (χ4v) is 2.27. The Morgan fingerprint density at radius 3 is 2.65 bits per heavy atom. The minimum absolute atomic E-state index is 0.0753. The molecule has 104 valence electrons. The zero-order chi connectivity index (χ0) is 14.4. The molecule has 0 atom stereocenters. The molecule has 0 aliphatic rings. The Labute approximate surface area is 122 Å². The summed E-state index contributed by atoms with van der Waals surface area (Å²) in [5.74, 6) is -0.140. The Balaban J connectivity index is 1.88. The van der Waals surface area contributed by atoms with Crippen LogP contribution in [-0.2, 0) is 9.63 Å². The van der Waals surface area contributed by atoms with Gasteiger partial charge in [-0.05, 0) is 30.5 Å². The number of rotatable bonds is 5. The fourth-order valence-electron chi connectivity index (χ4n) is 1.61. The van der Waals surface area contributed by atoms with Crippen LogP contribution in [0.1, 0.15) is 11.8 Å². The quantitative estimate of drug-likeness (QED) is 0.626. The molecule has 0 bridgehead atoms. The van der Waals surface area contributed by atoms with Gasteiger partial charge in [0.25, 0.3) is 5.91 Å². The molecule has 5 heteroatoms. The zero-order valence-corrected chi connectivity index (χ0v) is 12.3. The summed E-state index contributed by atoms with van der Waals surface area (Å²) in [6, 6.07) is 13.3. The Kier molecular flexibility index (Phi) is 4.90. The molecule has 0 N–H and O–H groups in total. The molecule has 2 rings (SSSR count). The third kappa shape index (κ3) is 3.68. The average Bonchev–Trinajstić information content (AvgIpc) is 3.01. The summed E-state index contributed by atoms with van der Waals surface area (Å²) in [5.41, 5.74) is 1.61.